The van der Waals surface area contributed by atoms with Crippen molar-refractivity contribution in [2.45, 2.75) is 0 Å². The third kappa shape index (κ3) is 1.51. The van der Waals surface area contributed by atoms with Crippen LogP contribution in [0.15, 0.2) is 18.3 Å². The van der Waals surface area contributed by atoms with Crippen LogP contribution in [-0.4, -0.2) is 17.7 Å². The molecule has 10 heavy (non-hydrogen) atoms. The van der Waals surface area contributed by atoms with Crippen LogP contribution < -0.4 is 10.5 Å². The van der Waals surface area contributed by atoms with Crippen molar-refractivity contribution in [2.24, 2.45) is 12.8 Å². The maximum atomic E-state index is 5.26. The molecular weight excluding hydrogens is 128 g/mol. The molecule has 0 radical (unpaired) electrons. The van der Waals surface area contributed by atoms with Crippen LogP contribution in [-0.2, 0) is 7.05 Å². The molecule has 0 aromatic carbocycles. The summed E-state index contributed by atoms with van der Waals surface area (Å²) in [7, 11) is 1.94. The second-order valence-corrected chi connectivity index (χ2v) is 2.09. The van der Waals surface area contributed by atoms with Crippen LogP contribution in [0.1, 0.15) is 0 Å². The predicted molar refractivity (Wildman–Crippen MR) is 40.0 cm³/mol. The molecule has 0 atom stereocenters. The molecule has 0 saturated carbocycles. The lowest BCUT2D eigenvalue weighted by Gasteiger charge is -2.03. The number of aryl methyl sites for hydroxylation is 1. The molecule has 3 nitrogen and oxygen atoms in total. The van der Waals surface area contributed by atoms with E-state index >= 15 is 0 Å². The first-order chi connectivity index (χ1) is 4.84. The molecule has 0 spiro atoms. The largest absolute Gasteiger partial charge is 0.477 e. The van der Waals surface area contributed by atoms with Crippen LogP contribution >= 0.6 is 0 Å². The smallest absolute Gasteiger partial charge is 0.193 e. The standard InChI is InChI=1S/C7H12N2O/c1-9-5-2-3-7(9)10-6-4-8/h2-3,5H,4,6,8H2,1H3. The Labute approximate surface area is 60.4 Å². The molecule has 0 unspecified atom stereocenters. The summed E-state index contributed by atoms with van der Waals surface area (Å²) < 4.78 is 7.18. The highest BCUT2D eigenvalue weighted by atomic mass is 16.5. The van der Waals surface area contributed by atoms with Crippen molar-refractivity contribution in [2.75, 3.05) is 13.2 Å². The number of hydrogen-bond acceptors (Lipinski definition) is 2. The summed E-state index contributed by atoms with van der Waals surface area (Å²) >= 11 is 0. The van der Waals surface area contributed by atoms with E-state index in [1.165, 1.54) is 0 Å². The van der Waals surface area contributed by atoms with E-state index in [9.17, 15) is 0 Å². The summed E-state index contributed by atoms with van der Waals surface area (Å²) in [6.45, 7) is 1.14. The van der Waals surface area contributed by atoms with E-state index in [-0.39, 0.29) is 0 Å². The Morgan fingerprint density at radius 3 is 3.00 bits per heavy atom. The molecule has 0 aliphatic carbocycles. The van der Waals surface area contributed by atoms with Gasteiger partial charge < -0.3 is 15.0 Å². The van der Waals surface area contributed by atoms with E-state index in [0.29, 0.717) is 13.2 Å². The molecule has 1 heterocycles. The zero-order valence-corrected chi connectivity index (χ0v) is 6.08. The van der Waals surface area contributed by atoms with E-state index < -0.39 is 0 Å². The normalized spacial score (nSPS) is 9.80. The van der Waals surface area contributed by atoms with Crippen LogP contribution in [0.2, 0.25) is 0 Å². The predicted octanol–water partition coefficient (Wildman–Crippen LogP) is 0.363. The second kappa shape index (κ2) is 3.27. The Balaban J connectivity index is 2.49. The number of nitrogens with zero attached hydrogens (tertiary/aromatic N) is 1. The van der Waals surface area contributed by atoms with Gasteiger partial charge in [-0.05, 0) is 12.1 Å². The molecule has 3 heteroatoms. The molecule has 0 aliphatic rings. The molecule has 0 amide bonds. The summed E-state index contributed by atoms with van der Waals surface area (Å²) in [5.41, 5.74) is 5.26. The van der Waals surface area contributed by atoms with Gasteiger partial charge in [-0.25, -0.2) is 0 Å². The lowest BCUT2D eigenvalue weighted by atomic mass is 10.6. The molecule has 0 fully saturated rings. The van der Waals surface area contributed by atoms with Crippen LogP contribution in [0.4, 0.5) is 0 Å². The number of rotatable bonds is 3. The molecular formula is C7H12N2O. The minimum atomic E-state index is 0.561. The van der Waals surface area contributed by atoms with Crippen LogP contribution in [0.5, 0.6) is 5.88 Å². The third-order valence-corrected chi connectivity index (χ3v) is 1.26. The van der Waals surface area contributed by atoms with Crippen molar-refractivity contribution >= 4 is 0 Å². The maximum absolute atomic E-state index is 5.26. The van der Waals surface area contributed by atoms with Crippen molar-refractivity contribution in [1.29, 1.82) is 0 Å². The van der Waals surface area contributed by atoms with Gasteiger partial charge in [0.1, 0.15) is 6.61 Å². The van der Waals surface area contributed by atoms with Gasteiger partial charge in [-0.1, -0.05) is 0 Å². The Morgan fingerprint density at radius 1 is 1.70 bits per heavy atom. The molecule has 2 N–H and O–H groups in total. The Kier molecular flexibility index (Phi) is 2.34. The van der Waals surface area contributed by atoms with Gasteiger partial charge in [0.25, 0.3) is 0 Å². The molecule has 1 aromatic rings. The maximum Gasteiger partial charge on any atom is 0.193 e. The highest BCUT2D eigenvalue weighted by Gasteiger charge is 1.93. The van der Waals surface area contributed by atoms with Crippen molar-refractivity contribution in [3.63, 3.8) is 0 Å². The zero-order valence-electron chi connectivity index (χ0n) is 6.08. The van der Waals surface area contributed by atoms with Crippen molar-refractivity contribution in [3.8, 4) is 5.88 Å². The number of hydrogen-bond donors (Lipinski definition) is 1. The van der Waals surface area contributed by atoms with Crippen LogP contribution in [0.25, 0.3) is 0 Å². The second-order valence-electron chi connectivity index (χ2n) is 2.09. The minimum Gasteiger partial charge on any atom is -0.477 e. The first kappa shape index (κ1) is 7.15. The average Bonchev–Trinajstić information content (AvgIpc) is 2.31. The fraction of sp³-hybridized carbons (Fsp3) is 0.429. The lowest BCUT2D eigenvalue weighted by Crippen LogP contribution is -2.11. The topological polar surface area (TPSA) is 40.2 Å². The Morgan fingerprint density at radius 2 is 2.50 bits per heavy atom. The average molecular weight is 140 g/mol. The number of nitrogens with two attached hydrogens (primary N) is 1. The van der Waals surface area contributed by atoms with Crippen molar-refractivity contribution in [1.82, 2.24) is 4.57 Å². The van der Waals surface area contributed by atoms with E-state index in [1.807, 2.05) is 29.9 Å². The van der Waals surface area contributed by atoms with Gasteiger partial charge in [0, 0.05) is 19.8 Å². The molecule has 1 rings (SSSR count). The van der Waals surface area contributed by atoms with Gasteiger partial charge in [0.15, 0.2) is 5.88 Å². The number of ether oxygens (including phenoxy) is 1. The van der Waals surface area contributed by atoms with E-state index in [0.717, 1.165) is 5.88 Å². The lowest BCUT2D eigenvalue weighted by molar-refractivity contribution is 0.305. The zero-order chi connectivity index (χ0) is 7.40. The summed E-state index contributed by atoms with van der Waals surface area (Å²) in [5.74, 6) is 0.866. The van der Waals surface area contributed by atoms with Gasteiger partial charge in [-0.15, -0.1) is 0 Å². The van der Waals surface area contributed by atoms with Crippen LogP contribution in [0.3, 0.4) is 0 Å². The van der Waals surface area contributed by atoms with Crippen LogP contribution in [0, 0.1) is 0 Å². The Bertz CT molecular complexity index is 195. The Hall–Kier alpha value is -0.960. The monoisotopic (exact) mass is 140 g/mol. The molecule has 0 aliphatic heterocycles. The molecule has 56 valence electrons. The van der Waals surface area contributed by atoms with Crippen molar-refractivity contribution in [3.05, 3.63) is 18.3 Å². The highest BCUT2D eigenvalue weighted by molar-refractivity contribution is 5.12. The quantitative estimate of drug-likeness (QED) is 0.658. The molecule has 0 saturated heterocycles. The molecule has 1 aromatic heterocycles. The first-order valence-electron chi connectivity index (χ1n) is 3.29. The summed E-state index contributed by atoms with van der Waals surface area (Å²) in [6.07, 6.45) is 1.94. The highest BCUT2D eigenvalue weighted by Crippen LogP contribution is 2.08. The van der Waals surface area contributed by atoms with Gasteiger partial charge in [-0.3, -0.25) is 0 Å². The van der Waals surface area contributed by atoms with E-state index in [2.05, 4.69) is 0 Å². The van der Waals surface area contributed by atoms with Gasteiger partial charge in [-0.2, -0.15) is 0 Å². The SMILES string of the molecule is Cn1cccc1OCCN. The fourth-order valence-corrected chi connectivity index (χ4v) is 0.759. The van der Waals surface area contributed by atoms with Crippen molar-refractivity contribution < 1.29 is 4.74 Å². The number of aromatic nitrogens is 1. The fourth-order valence-electron chi connectivity index (χ4n) is 0.759. The third-order valence-electron chi connectivity index (χ3n) is 1.26. The summed E-state index contributed by atoms with van der Waals surface area (Å²) in [4.78, 5) is 0. The van der Waals surface area contributed by atoms with Gasteiger partial charge in [0.2, 0.25) is 0 Å². The summed E-state index contributed by atoms with van der Waals surface area (Å²) in [5, 5.41) is 0. The minimum absolute atomic E-state index is 0.561. The van der Waals surface area contributed by atoms with Gasteiger partial charge in [0.05, 0.1) is 0 Å². The van der Waals surface area contributed by atoms with Gasteiger partial charge >= 0.3 is 0 Å². The van der Waals surface area contributed by atoms with E-state index in [4.69, 9.17) is 10.5 Å². The molecule has 0 bridgehead atoms. The van der Waals surface area contributed by atoms with E-state index in [1.54, 1.807) is 0 Å². The summed E-state index contributed by atoms with van der Waals surface area (Å²) in [6, 6.07) is 3.85. The first-order valence-corrected chi connectivity index (χ1v) is 3.29.